The van der Waals surface area contributed by atoms with Crippen molar-refractivity contribution < 1.29 is 27.9 Å². The highest BCUT2D eigenvalue weighted by Crippen LogP contribution is 2.35. The number of rotatable bonds is 8. The van der Waals surface area contributed by atoms with Crippen molar-refractivity contribution in [1.82, 2.24) is 4.90 Å². The highest BCUT2D eigenvalue weighted by atomic mass is 19.4. The van der Waals surface area contributed by atoms with E-state index in [9.17, 15) is 22.8 Å². The standard InChI is InChI=1S/C27H24F3NO3/c1-2-24(22-14-8-6-10-19(22)16-17-25(32)33)31(26(34)20-11-4-3-5-12-20)18-21-13-7-9-15-23(21)27(28,29)30/h3-17,24H,2,18H2,1H3,(H,32,33)/b17-16+. The molecule has 1 atom stereocenters. The van der Waals surface area contributed by atoms with E-state index in [0.29, 0.717) is 23.1 Å². The zero-order valence-electron chi connectivity index (χ0n) is 18.5. The molecule has 0 aliphatic heterocycles. The second kappa shape index (κ2) is 10.8. The van der Waals surface area contributed by atoms with Crippen LogP contribution in [-0.2, 0) is 17.5 Å². The van der Waals surface area contributed by atoms with Crippen molar-refractivity contribution in [2.45, 2.75) is 32.1 Å². The van der Waals surface area contributed by atoms with Gasteiger partial charge < -0.3 is 10.0 Å². The lowest BCUT2D eigenvalue weighted by molar-refractivity contribution is -0.138. The Morgan fingerprint density at radius 1 is 0.941 bits per heavy atom. The van der Waals surface area contributed by atoms with E-state index < -0.39 is 29.7 Å². The van der Waals surface area contributed by atoms with Crippen LogP contribution < -0.4 is 0 Å². The molecule has 0 aromatic heterocycles. The van der Waals surface area contributed by atoms with E-state index in [-0.39, 0.29) is 12.1 Å². The summed E-state index contributed by atoms with van der Waals surface area (Å²) >= 11 is 0. The van der Waals surface area contributed by atoms with E-state index in [1.165, 1.54) is 29.2 Å². The van der Waals surface area contributed by atoms with E-state index in [1.54, 1.807) is 54.6 Å². The average molecular weight is 467 g/mol. The van der Waals surface area contributed by atoms with Crippen LogP contribution in [0, 0.1) is 0 Å². The van der Waals surface area contributed by atoms with Crippen molar-refractivity contribution in [1.29, 1.82) is 0 Å². The van der Waals surface area contributed by atoms with Gasteiger partial charge in [-0.25, -0.2) is 4.79 Å². The summed E-state index contributed by atoms with van der Waals surface area (Å²) in [4.78, 5) is 26.1. The summed E-state index contributed by atoms with van der Waals surface area (Å²) in [5.74, 6) is -1.54. The first-order valence-electron chi connectivity index (χ1n) is 10.7. The van der Waals surface area contributed by atoms with E-state index in [4.69, 9.17) is 5.11 Å². The number of nitrogens with zero attached hydrogens (tertiary/aromatic N) is 1. The monoisotopic (exact) mass is 467 g/mol. The molecule has 0 radical (unpaired) electrons. The molecular weight excluding hydrogens is 443 g/mol. The van der Waals surface area contributed by atoms with Gasteiger partial charge in [-0.2, -0.15) is 13.2 Å². The molecule has 3 aromatic carbocycles. The third-order valence-corrected chi connectivity index (χ3v) is 5.47. The Bertz CT molecular complexity index is 1170. The first-order chi connectivity index (χ1) is 16.2. The summed E-state index contributed by atoms with van der Waals surface area (Å²) in [5.41, 5.74) is 0.762. The number of carboxylic acid groups (broad SMARTS) is 1. The summed E-state index contributed by atoms with van der Waals surface area (Å²) in [5, 5.41) is 9.05. The van der Waals surface area contributed by atoms with Crippen molar-refractivity contribution in [2.24, 2.45) is 0 Å². The predicted molar refractivity (Wildman–Crippen MR) is 124 cm³/mol. The van der Waals surface area contributed by atoms with Gasteiger partial charge in [0.25, 0.3) is 5.91 Å². The van der Waals surface area contributed by atoms with E-state index in [2.05, 4.69) is 0 Å². The Kier molecular flexibility index (Phi) is 7.89. The van der Waals surface area contributed by atoms with Crippen molar-refractivity contribution in [3.8, 4) is 0 Å². The quantitative estimate of drug-likeness (QED) is 0.380. The number of aliphatic carboxylic acids is 1. The number of hydrogen-bond donors (Lipinski definition) is 1. The number of carbonyl (C=O) groups excluding carboxylic acids is 1. The molecule has 4 nitrogen and oxygen atoms in total. The molecule has 0 fully saturated rings. The molecule has 0 heterocycles. The average Bonchev–Trinajstić information content (AvgIpc) is 2.83. The maximum absolute atomic E-state index is 13.7. The third-order valence-electron chi connectivity index (χ3n) is 5.47. The van der Waals surface area contributed by atoms with Crippen molar-refractivity contribution in [2.75, 3.05) is 0 Å². The molecule has 34 heavy (non-hydrogen) atoms. The summed E-state index contributed by atoms with van der Waals surface area (Å²) in [7, 11) is 0. The minimum atomic E-state index is -4.57. The van der Waals surface area contributed by atoms with Crippen LogP contribution in [0.5, 0.6) is 0 Å². The number of carbonyl (C=O) groups is 2. The van der Waals surface area contributed by atoms with Gasteiger partial charge in [0, 0.05) is 18.2 Å². The lowest BCUT2D eigenvalue weighted by Gasteiger charge is -2.33. The van der Waals surface area contributed by atoms with Crippen molar-refractivity contribution >= 4 is 18.0 Å². The second-order valence-electron chi connectivity index (χ2n) is 7.68. The first kappa shape index (κ1) is 24.8. The molecular formula is C27H24F3NO3. The molecule has 7 heteroatoms. The van der Waals surface area contributed by atoms with Gasteiger partial charge in [0.15, 0.2) is 0 Å². The molecule has 176 valence electrons. The zero-order valence-corrected chi connectivity index (χ0v) is 18.5. The van der Waals surface area contributed by atoms with Gasteiger partial charge in [0.05, 0.1) is 11.6 Å². The molecule has 0 bridgehead atoms. The normalized spacial score (nSPS) is 12.5. The fourth-order valence-corrected chi connectivity index (χ4v) is 3.92. The van der Waals surface area contributed by atoms with E-state index in [1.807, 2.05) is 6.92 Å². The van der Waals surface area contributed by atoms with Crippen LogP contribution >= 0.6 is 0 Å². The smallest absolute Gasteiger partial charge is 0.416 e. The summed E-state index contributed by atoms with van der Waals surface area (Å²) in [6.45, 7) is 1.57. The van der Waals surface area contributed by atoms with Crippen LogP contribution in [0.1, 0.15) is 52.0 Å². The second-order valence-corrected chi connectivity index (χ2v) is 7.68. The Balaban J connectivity index is 2.13. The molecule has 0 saturated carbocycles. The SMILES string of the molecule is CCC(c1ccccc1/C=C/C(=O)O)N(Cc1ccccc1C(F)(F)F)C(=O)c1ccccc1. The summed E-state index contributed by atoms with van der Waals surface area (Å²) in [6.07, 6.45) is -1.74. The first-order valence-corrected chi connectivity index (χ1v) is 10.7. The third kappa shape index (κ3) is 5.92. The van der Waals surface area contributed by atoms with Gasteiger partial charge in [-0.05, 0) is 47.4 Å². The zero-order chi connectivity index (χ0) is 24.7. The highest BCUT2D eigenvalue weighted by molar-refractivity contribution is 5.94. The minimum Gasteiger partial charge on any atom is -0.478 e. The van der Waals surface area contributed by atoms with Crippen molar-refractivity contribution in [3.63, 3.8) is 0 Å². The van der Waals surface area contributed by atoms with Crippen molar-refractivity contribution in [3.05, 3.63) is 113 Å². The van der Waals surface area contributed by atoms with Crippen LogP contribution in [0.15, 0.2) is 84.9 Å². The topological polar surface area (TPSA) is 57.6 Å². The minimum absolute atomic E-state index is 0.0173. The number of halogens is 3. The molecule has 0 saturated heterocycles. The Hall–Kier alpha value is -3.87. The number of alkyl halides is 3. The van der Waals surface area contributed by atoms with Gasteiger partial charge in [-0.3, -0.25) is 4.79 Å². The van der Waals surface area contributed by atoms with Crippen LogP contribution in [0.3, 0.4) is 0 Å². The maximum atomic E-state index is 13.7. The Labute approximate surface area is 196 Å². The fraction of sp³-hybridized carbons (Fsp3) is 0.185. The molecule has 1 amide bonds. The molecule has 0 spiro atoms. The number of carboxylic acids is 1. The van der Waals surface area contributed by atoms with Crippen LogP contribution in [0.25, 0.3) is 6.08 Å². The van der Waals surface area contributed by atoms with Gasteiger partial charge in [-0.1, -0.05) is 67.6 Å². The largest absolute Gasteiger partial charge is 0.478 e. The van der Waals surface area contributed by atoms with Gasteiger partial charge in [0.1, 0.15) is 0 Å². The molecule has 0 aliphatic carbocycles. The number of benzene rings is 3. The molecule has 3 rings (SSSR count). The molecule has 3 aromatic rings. The Morgan fingerprint density at radius 3 is 2.21 bits per heavy atom. The van der Waals surface area contributed by atoms with Crippen LogP contribution in [0.2, 0.25) is 0 Å². The summed E-state index contributed by atoms with van der Waals surface area (Å²) < 4.78 is 41.1. The van der Waals surface area contributed by atoms with Gasteiger partial charge in [-0.15, -0.1) is 0 Å². The van der Waals surface area contributed by atoms with E-state index in [0.717, 1.165) is 12.1 Å². The van der Waals surface area contributed by atoms with Gasteiger partial charge in [0.2, 0.25) is 0 Å². The Morgan fingerprint density at radius 2 is 1.56 bits per heavy atom. The molecule has 0 aliphatic rings. The van der Waals surface area contributed by atoms with Gasteiger partial charge >= 0.3 is 12.1 Å². The number of amides is 1. The number of hydrogen-bond acceptors (Lipinski definition) is 2. The predicted octanol–water partition coefficient (Wildman–Crippen LogP) is 6.60. The molecule has 1 N–H and O–H groups in total. The fourth-order valence-electron chi connectivity index (χ4n) is 3.92. The summed E-state index contributed by atoms with van der Waals surface area (Å²) in [6, 6.07) is 20.0. The van der Waals surface area contributed by atoms with E-state index >= 15 is 0 Å². The maximum Gasteiger partial charge on any atom is 0.416 e. The molecule has 1 unspecified atom stereocenters. The lowest BCUT2D eigenvalue weighted by Crippen LogP contribution is -2.35. The van der Waals surface area contributed by atoms with Crippen LogP contribution in [0.4, 0.5) is 13.2 Å². The van der Waals surface area contributed by atoms with Crippen LogP contribution in [-0.4, -0.2) is 21.9 Å². The highest BCUT2D eigenvalue weighted by Gasteiger charge is 2.35. The lowest BCUT2D eigenvalue weighted by atomic mass is 9.95.